The molecule has 1 atom stereocenters. The van der Waals surface area contributed by atoms with Crippen LogP contribution >= 0.6 is 11.3 Å². The predicted molar refractivity (Wildman–Crippen MR) is 93.7 cm³/mol. The van der Waals surface area contributed by atoms with E-state index in [2.05, 4.69) is 73.7 Å². The van der Waals surface area contributed by atoms with Gasteiger partial charge >= 0.3 is 0 Å². The first-order valence-electron chi connectivity index (χ1n) is 7.30. The second kappa shape index (κ2) is 6.70. The second-order valence-electron chi connectivity index (χ2n) is 6.51. The Labute approximate surface area is 128 Å². The van der Waals surface area contributed by atoms with Crippen LogP contribution in [-0.4, -0.2) is 14.1 Å². The molecule has 0 saturated heterocycles. The van der Waals surface area contributed by atoms with Crippen molar-refractivity contribution in [2.24, 2.45) is 0 Å². The molecular formula is C17H25NSSi. The highest BCUT2D eigenvalue weighted by atomic mass is 32.1. The monoisotopic (exact) mass is 303 g/mol. The standard InChI is InChI=1S/C17H25NSSi/c1-14(12-16-6-5-11-19-16)18-13-15-7-9-17(10-8-15)20(2,3)4/h5-11,14,18H,12-13H2,1-4H3. The van der Waals surface area contributed by atoms with Gasteiger partial charge in [0.25, 0.3) is 0 Å². The van der Waals surface area contributed by atoms with Crippen LogP contribution in [0.25, 0.3) is 0 Å². The van der Waals surface area contributed by atoms with Crippen LogP contribution < -0.4 is 10.5 Å². The molecule has 1 aromatic carbocycles. The van der Waals surface area contributed by atoms with Crippen molar-refractivity contribution in [2.75, 3.05) is 0 Å². The van der Waals surface area contributed by atoms with Gasteiger partial charge in [0.1, 0.15) is 0 Å². The van der Waals surface area contributed by atoms with Crippen molar-refractivity contribution >= 4 is 24.6 Å². The molecule has 108 valence electrons. The first-order valence-corrected chi connectivity index (χ1v) is 11.7. The van der Waals surface area contributed by atoms with Crippen LogP contribution in [0.1, 0.15) is 17.4 Å². The summed E-state index contributed by atoms with van der Waals surface area (Å²) in [5.74, 6) is 0. The van der Waals surface area contributed by atoms with Gasteiger partial charge in [-0.15, -0.1) is 11.3 Å². The first-order chi connectivity index (χ1) is 9.45. The summed E-state index contributed by atoms with van der Waals surface area (Å²) >= 11 is 1.84. The molecule has 1 unspecified atom stereocenters. The number of hydrogen-bond donors (Lipinski definition) is 1. The second-order valence-corrected chi connectivity index (χ2v) is 12.6. The fourth-order valence-electron chi connectivity index (χ4n) is 2.22. The number of rotatable bonds is 6. The number of nitrogens with one attached hydrogen (secondary N) is 1. The third-order valence-corrected chi connectivity index (χ3v) is 6.53. The smallest absolute Gasteiger partial charge is 0.0775 e. The van der Waals surface area contributed by atoms with Gasteiger partial charge in [0.05, 0.1) is 8.07 Å². The van der Waals surface area contributed by atoms with Gasteiger partial charge < -0.3 is 5.32 Å². The Kier molecular flexibility index (Phi) is 5.19. The van der Waals surface area contributed by atoms with Crippen molar-refractivity contribution in [3.8, 4) is 0 Å². The lowest BCUT2D eigenvalue weighted by atomic mass is 10.2. The van der Waals surface area contributed by atoms with Gasteiger partial charge in [-0.25, -0.2) is 0 Å². The highest BCUT2D eigenvalue weighted by Gasteiger charge is 2.15. The van der Waals surface area contributed by atoms with Gasteiger partial charge in [-0.2, -0.15) is 0 Å². The Morgan fingerprint density at radius 1 is 1.10 bits per heavy atom. The van der Waals surface area contributed by atoms with E-state index >= 15 is 0 Å². The molecule has 0 bridgehead atoms. The fraction of sp³-hybridized carbons (Fsp3) is 0.412. The Morgan fingerprint density at radius 2 is 1.80 bits per heavy atom. The highest BCUT2D eigenvalue weighted by Crippen LogP contribution is 2.11. The van der Waals surface area contributed by atoms with Crippen LogP contribution in [0, 0.1) is 0 Å². The van der Waals surface area contributed by atoms with Crippen molar-refractivity contribution in [1.82, 2.24) is 5.32 Å². The molecular weight excluding hydrogens is 278 g/mol. The van der Waals surface area contributed by atoms with Gasteiger partial charge in [0.15, 0.2) is 0 Å². The van der Waals surface area contributed by atoms with E-state index in [1.807, 2.05) is 11.3 Å². The summed E-state index contributed by atoms with van der Waals surface area (Å²) in [7, 11) is -1.16. The maximum Gasteiger partial charge on any atom is 0.0775 e. The molecule has 0 amide bonds. The minimum Gasteiger partial charge on any atom is -0.310 e. The molecule has 0 aliphatic carbocycles. The maximum atomic E-state index is 3.61. The average molecular weight is 304 g/mol. The third-order valence-electron chi connectivity index (χ3n) is 3.56. The molecule has 0 saturated carbocycles. The molecule has 1 heterocycles. The normalized spacial score (nSPS) is 13.4. The largest absolute Gasteiger partial charge is 0.310 e. The Morgan fingerprint density at radius 3 is 2.35 bits per heavy atom. The molecule has 2 aromatic rings. The van der Waals surface area contributed by atoms with Crippen LogP contribution in [0.4, 0.5) is 0 Å². The summed E-state index contributed by atoms with van der Waals surface area (Å²) < 4.78 is 0. The molecule has 1 nitrogen and oxygen atoms in total. The molecule has 0 fully saturated rings. The van der Waals surface area contributed by atoms with Crippen LogP contribution in [0.3, 0.4) is 0 Å². The summed E-state index contributed by atoms with van der Waals surface area (Å²) in [4.78, 5) is 1.46. The van der Waals surface area contributed by atoms with E-state index in [4.69, 9.17) is 0 Å². The van der Waals surface area contributed by atoms with Gasteiger partial charge in [-0.3, -0.25) is 0 Å². The average Bonchev–Trinajstić information content (AvgIpc) is 2.88. The zero-order valence-electron chi connectivity index (χ0n) is 12.9. The topological polar surface area (TPSA) is 12.0 Å². The quantitative estimate of drug-likeness (QED) is 0.795. The fourth-order valence-corrected chi connectivity index (χ4v) is 4.22. The zero-order chi connectivity index (χ0) is 14.6. The molecule has 2 rings (SSSR count). The Hall–Kier alpha value is -0.903. The van der Waals surface area contributed by atoms with Crippen LogP contribution in [0.5, 0.6) is 0 Å². The van der Waals surface area contributed by atoms with Crippen molar-refractivity contribution in [2.45, 2.75) is 45.6 Å². The lowest BCUT2D eigenvalue weighted by molar-refractivity contribution is 0.548. The van der Waals surface area contributed by atoms with Crippen LogP contribution in [0.15, 0.2) is 41.8 Å². The summed E-state index contributed by atoms with van der Waals surface area (Å²) in [6.07, 6.45) is 1.12. The molecule has 0 spiro atoms. The van der Waals surface area contributed by atoms with E-state index in [1.165, 1.54) is 15.6 Å². The summed E-state index contributed by atoms with van der Waals surface area (Å²) in [5, 5.41) is 7.30. The lowest BCUT2D eigenvalue weighted by Crippen LogP contribution is -2.37. The van der Waals surface area contributed by atoms with E-state index in [1.54, 1.807) is 0 Å². The minimum atomic E-state index is -1.16. The van der Waals surface area contributed by atoms with Crippen molar-refractivity contribution in [3.63, 3.8) is 0 Å². The van der Waals surface area contributed by atoms with Crippen molar-refractivity contribution in [3.05, 3.63) is 52.2 Å². The van der Waals surface area contributed by atoms with Crippen molar-refractivity contribution in [1.29, 1.82) is 0 Å². The summed E-state index contributed by atoms with van der Waals surface area (Å²) in [6.45, 7) is 10.4. The minimum absolute atomic E-state index is 0.519. The van der Waals surface area contributed by atoms with E-state index in [-0.39, 0.29) is 0 Å². The van der Waals surface area contributed by atoms with Gasteiger partial charge in [-0.05, 0) is 30.4 Å². The molecule has 0 aliphatic heterocycles. The molecule has 0 aliphatic rings. The van der Waals surface area contributed by atoms with E-state index in [0.717, 1.165) is 13.0 Å². The third kappa shape index (κ3) is 4.58. The van der Waals surface area contributed by atoms with Crippen LogP contribution in [-0.2, 0) is 13.0 Å². The SMILES string of the molecule is CC(Cc1cccs1)NCc1ccc([Si](C)(C)C)cc1. The summed E-state index contributed by atoms with van der Waals surface area (Å²) in [6, 6.07) is 14.0. The highest BCUT2D eigenvalue weighted by molar-refractivity contribution is 7.09. The lowest BCUT2D eigenvalue weighted by Gasteiger charge is -2.17. The molecule has 0 radical (unpaired) electrons. The van der Waals surface area contributed by atoms with E-state index < -0.39 is 8.07 Å². The maximum absolute atomic E-state index is 3.61. The van der Waals surface area contributed by atoms with Crippen LogP contribution in [0.2, 0.25) is 19.6 Å². The number of benzene rings is 1. The Bertz CT molecular complexity index is 511. The number of hydrogen-bond acceptors (Lipinski definition) is 2. The molecule has 1 aromatic heterocycles. The van der Waals surface area contributed by atoms with E-state index in [0.29, 0.717) is 6.04 Å². The van der Waals surface area contributed by atoms with Crippen molar-refractivity contribution < 1.29 is 0 Å². The molecule has 20 heavy (non-hydrogen) atoms. The van der Waals surface area contributed by atoms with Gasteiger partial charge in [0, 0.05) is 17.5 Å². The Balaban J connectivity index is 1.84. The first kappa shape index (κ1) is 15.5. The molecule has 1 N–H and O–H groups in total. The molecule has 3 heteroatoms. The zero-order valence-corrected chi connectivity index (χ0v) is 14.8. The van der Waals surface area contributed by atoms with E-state index in [9.17, 15) is 0 Å². The summed E-state index contributed by atoms with van der Waals surface area (Å²) in [5.41, 5.74) is 1.38. The van der Waals surface area contributed by atoms with Gasteiger partial charge in [-0.1, -0.05) is 55.2 Å². The van der Waals surface area contributed by atoms with Gasteiger partial charge in [0.2, 0.25) is 0 Å². The predicted octanol–water partition coefficient (Wildman–Crippen LogP) is 4.01. The number of thiophene rings is 1.